The molecular weight excluding hydrogens is 268 g/mol. The Labute approximate surface area is 125 Å². The van der Waals surface area contributed by atoms with Gasteiger partial charge in [0.1, 0.15) is 0 Å². The molecule has 21 heavy (non-hydrogen) atoms. The van der Waals surface area contributed by atoms with E-state index in [4.69, 9.17) is 5.11 Å². The average Bonchev–Trinajstić information content (AvgIpc) is 2.86. The van der Waals surface area contributed by atoms with Crippen molar-refractivity contribution in [1.29, 1.82) is 0 Å². The van der Waals surface area contributed by atoms with E-state index in [1.807, 2.05) is 31.2 Å². The summed E-state index contributed by atoms with van der Waals surface area (Å²) >= 11 is 0. The van der Waals surface area contributed by atoms with Gasteiger partial charge >= 0.3 is 5.97 Å². The van der Waals surface area contributed by atoms with Crippen LogP contribution < -0.4 is 10.2 Å². The van der Waals surface area contributed by atoms with Crippen LogP contribution in [-0.2, 0) is 9.59 Å². The topological polar surface area (TPSA) is 69.6 Å². The maximum absolute atomic E-state index is 12.8. The zero-order valence-electron chi connectivity index (χ0n) is 12.5. The van der Waals surface area contributed by atoms with E-state index < -0.39 is 5.97 Å². The second kappa shape index (κ2) is 6.72. The van der Waals surface area contributed by atoms with Crippen molar-refractivity contribution < 1.29 is 14.7 Å². The summed E-state index contributed by atoms with van der Waals surface area (Å²) in [6, 6.07) is 7.36. The number of carboxylic acids is 1. The molecule has 1 amide bonds. The van der Waals surface area contributed by atoms with E-state index in [0.717, 1.165) is 24.2 Å². The number of rotatable bonds is 5. The van der Waals surface area contributed by atoms with Gasteiger partial charge in [0.15, 0.2) is 0 Å². The fourth-order valence-corrected chi connectivity index (χ4v) is 2.76. The van der Waals surface area contributed by atoms with Crippen LogP contribution >= 0.6 is 0 Å². The fraction of sp³-hybridized carbons (Fsp3) is 0.500. The second-order valence-corrected chi connectivity index (χ2v) is 5.62. The van der Waals surface area contributed by atoms with E-state index in [1.165, 1.54) is 0 Å². The van der Waals surface area contributed by atoms with Gasteiger partial charge in [-0.05, 0) is 37.4 Å². The van der Waals surface area contributed by atoms with Crippen LogP contribution in [-0.4, -0.2) is 36.1 Å². The number of carboxylic acid groups (broad SMARTS) is 1. The molecule has 1 saturated heterocycles. The Morgan fingerprint density at radius 3 is 2.67 bits per heavy atom. The smallest absolute Gasteiger partial charge is 0.305 e. The number of amides is 1. The lowest BCUT2D eigenvalue weighted by atomic mass is 10.0. The maximum atomic E-state index is 12.8. The van der Waals surface area contributed by atoms with Crippen LogP contribution in [0.25, 0.3) is 0 Å². The van der Waals surface area contributed by atoms with Crippen molar-refractivity contribution in [2.75, 3.05) is 18.0 Å². The summed E-state index contributed by atoms with van der Waals surface area (Å²) in [7, 11) is 0. The molecule has 0 spiro atoms. The van der Waals surface area contributed by atoms with Crippen LogP contribution in [0.15, 0.2) is 24.3 Å². The third-order valence-corrected chi connectivity index (χ3v) is 4.02. The first-order valence-electron chi connectivity index (χ1n) is 7.33. The Morgan fingerprint density at radius 1 is 1.38 bits per heavy atom. The number of aliphatic carboxylic acids is 1. The summed E-state index contributed by atoms with van der Waals surface area (Å²) in [5.41, 5.74) is 1.77. The molecule has 1 aromatic rings. The van der Waals surface area contributed by atoms with Gasteiger partial charge in [-0.1, -0.05) is 25.1 Å². The highest BCUT2D eigenvalue weighted by Gasteiger charge is 2.33. The Kier molecular flexibility index (Phi) is 4.96. The first kappa shape index (κ1) is 15.5. The van der Waals surface area contributed by atoms with E-state index in [9.17, 15) is 9.59 Å². The fourth-order valence-electron chi connectivity index (χ4n) is 2.76. The molecule has 5 heteroatoms. The van der Waals surface area contributed by atoms with Crippen molar-refractivity contribution in [2.24, 2.45) is 5.92 Å². The molecule has 0 aliphatic carbocycles. The van der Waals surface area contributed by atoms with Crippen molar-refractivity contribution in [2.45, 2.75) is 32.7 Å². The Hall–Kier alpha value is -1.88. The van der Waals surface area contributed by atoms with Crippen molar-refractivity contribution in [3.63, 3.8) is 0 Å². The third-order valence-electron chi connectivity index (χ3n) is 4.02. The maximum Gasteiger partial charge on any atom is 0.305 e. The van der Waals surface area contributed by atoms with Crippen molar-refractivity contribution in [1.82, 2.24) is 5.32 Å². The van der Waals surface area contributed by atoms with E-state index >= 15 is 0 Å². The van der Waals surface area contributed by atoms with Gasteiger partial charge in [-0.3, -0.25) is 9.59 Å². The molecular formula is C16H22N2O3. The Bertz CT molecular complexity index is 530. The van der Waals surface area contributed by atoms with E-state index in [0.29, 0.717) is 0 Å². The molecule has 1 aromatic carbocycles. The highest BCUT2D eigenvalue weighted by molar-refractivity contribution is 5.98. The molecule has 2 atom stereocenters. The molecule has 1 aliphatic heterocycles. The summed E-state index contributed by atoms with van der Waals surface area (Å²) in [5.74, 6) is -0.654. The molecule has 1 aliphatic rings. The lowest BCUT2D eigenvalue weighted by molar-refractivity contribution is -0.136. The summed E-state index contributed by atoms with van der Waals surface area (Å²) in [6.45, 7) is 5.01. The standard InChI is InChI=1S/C16H22N2O3/c1-11-5-3-4-6-13(11)18(10-8-14(19)20)16(21)15-12(2)7-9-17-15/h3-6,12,15,17H,7-10H2,1-2H3,(H,19,20). The lowest BCUT2D eigenvalue weighted by Crippen LogP contribution is -2.47. The van der Waals surface area contributed by atoms with Gasteiger partial charge < -0.3 is 15.3 Å². The molecule has 2 unspecified atom stereocenters. The van der Waals surface area contributed by atoms with Crippen molar-refractivity contribution in [3.8, 4) is 0 Å². The number of anilines is 1. The number of carbonyl (C=O) groups excluding carboxylic acids is 1. The van der Waals surface area contributed by atoms with Crippen molar-refractivity contribution >= 4 is 17.6 Å². The summed E-state index contributed by atoms with van der Waals surface area (Å²) in [4.78, 5) is 25.3. The molecule has 0 aromatic heterocycles. The SMILES string of the molecule is Cc1ccccc1N(CCC(=O)O)C(=O)C1NCCC1C. The number of aryl methyl sites for hydroxylation is 1. The highest BCUT2D eigenvalue weighted by Crippen LogP contribution is 2.24. The number of hydrogen-bond acceptors (Lipinski definition) is 3. The molecule has 5 nitrogen and oxygen atoms in total. The van der Waals surface area contributed by atoms with Gasteiger partial charge in [0.05, 0.1) is 12.5 Å². The van der Waals surface area contributed by atoms with Gasteiger partial charge in [-0.25, -0.2) is 0 Å². The number of para-hydroxylation sites is 1. The van der Waals surface area contributed by atoms with Gasteiger partial charge in [-0.2, -0.15) is 0 Å². The predicted octanol–water partition coefficient (Wildman–Crippen LogP) is 1.80. The summed E-state index contributed by atoms with van der Waals surface area (Å²) in [6.07, 6.45) is 0.915. The lowest BCUT2D eigenvalue weighted by Gasteiger charge is -2.28. The number of carbonyl (C=O) groups is 2. The normalized spacial score (nSPS) is 21.2. The van der Waals surface area contributed by atoms with Gasteiger partial charge in [0, 0.05) is 12.2 Å². The largest absolute Gasteiger partial charge is 0.481 e. The molecule has 0 saturated carbocycles. The van der Waals surface area contributed by atoms with E-state index in [2.05, 4.69) is 12.2 Å². The summed E-state index contributed by atoms with van der Waals surface area (Å²) < 4.78 is 0. The quantitative estimate of drug-likeness (QED) is 0.867. The Morgan fingerprint density at radius 2 is 2.10 bits per heavy atom. The molecule has 2 N–H and O–H groups in total. The first-order chi connectivity index (χ1) is 10.0. The van der Waals surface area contributed by atoms with E-state index in [-0.39, 0.29) is 30.8 Å². The minimum atomic E-state index is -0.895. The van der Waals surface area contributed by atoms with Crippen LogP contribution in [0.1, 0.15) is 25.3 Å². The Balaban J connectivity index is 2.25. The number of nitrogens with one attached hydrogen (secondary N) is 1. The number of hydrogen-bond donors (Lipinski definition) is 2. The van der Waals surface area contributed by atoms with Crippen LogP contribution in [0.3, 0.4) is 0 Å². The van der Waals surface area contributed by atoms with Crippen LogP contribution in [0, 0.1) is 12.8 Å². The minimum absolute atomic E-state index is 0.0319. The molecule has 1 fully saturated rings. The van der Waals surface area contributed by atoms with Crippen LogP contribution in [0.5, 0.6) is 0 Å². The monoisotopic (exact) mass is 290 g/mol. The highest BCUT2D eigenvalue weighted by atomic mass is 16.4. The predicted molar refractivity (Wildman–Crippen MR) is 81.4 cm³/mol. The molecule has 0 bridgehead atoms. The zero-order chi connectivity index (χ0) is 15.4. The minimum Gasteiger partial charge on any atom is -0.481 e. The van der Waals surface area contributed by atoms with Gasteiger partial charge in [0.25, 0.3) is 0 Å². The first-order valence-corrected chi connectivity index (χ1v) is 7.33. The third kappa shape index (κ3) is 3.61. The van der Waals surface area contributed by atoms with E-state index in [1.54, 1.807) is 4.90 Å². The molecule has 2 rings (SSSR count). The second-order valence-electron chi connectivity index (χ2n) is 5.62. The van der Waals surface area contributed by atoms with Gasteiger partial charge in [0.2, 0.25) is 5.91 Å². The molecule has 114 valence electrons. The zero-order valence-corrected chi connectivity index (χ0v) is 12.5. The molecule has 1 heterocycles. The van der Waals surface area contributed by atoms with Crippen LogP contribution in [0.4, 0.5) is 5.69 Å². The van der Waals surface area contributed by atoms with Gasteiger partial charge in [-0.15, -0.1) is 0 Å². The summed E-state index contributed by atoms with van der Waals surface area (Å²) in [5, 5.41) is 12.1. The number of benzene rings is 1. The van der Waals surface area contributed by atoms with Crippen LogP contribution in [0.2, 0.25) is 0 Å². The number of nitrogens with zero attached hydrogens (tertiary/aromatic N) is 1. The molecule has 0 radical (unpaired) electrons. The average molecular weight is 290 g/mol. The van der Waals surface area contributed by atoms with Crippen molar-refractivity contribution in [3.05, 3.63) is 29.8 Å².